The van der Waals surface area contributed by atoms with Crippen LogP contribution in [0, 0.1) is 32.9 Å². The summed E-state index contributed by atoms with van der Waals surface area (Å²) >= 11 is 0. The van der Waals surface area contributed by atoms with Crippen LogP contribution in [0.3, 0.4) is 0 Å². The lowest BCUT2D eigenvalue weighted by Crippen LogP contribution is -2.02. The molecule has 0 spiro atoms. The number of benzene rings is 1. The van der Waals surface area contributed by atoms with Crippen LogP contribution in [-0.4, -0.2) is 11.0 Å². The zero-order valence-electron chi connectivity index (χ0n) is 9.51. The first kappa shape index (κ1) is 10.8. The highest BCUT2D eigenvalue weighted by molar-refractivity contribution is 5.58. The molecular weight excluding hydrogens is 174 g/mol. The molecule has 0 unspecified atom stereocenters. The van der Waals surface area contributed by atoms with E-state index in [-0.39, 0.29) is 0 Å². The van der Waals surface area contributed by atoms with Gasteiger partial charge in [0.2, 0.25) is 5.69 Å². The van der Waals surface area contributed by atoms with Crippen molar-refractivity contribution in [3.63, 3.8) is 0 Å². The average Bonchev–Trinajstić information content (AvgIpc) is 2.15. The van der Waals surface area contributed by atoms with Gasteiger partial charge in [0.15, 0.2) is 6.21 Å². The second kappa shape index (κ2) is 3.82. The number of aryl methyl sites for hydroxylation is 2. The Hall–Kier alpha value is -1.31. The van der Waals surface area contributed by atoms with Gasteiger partial charge in [0.1, 0.15) is 0 Å². The van der Waals surface area contributed by atoms with Crippen LogP contribution in [-0.2, 0) is 0 Å². The molecule has 0 bridgehead atoms. The molecule has 0 saturated carbocycles. The first-order chi connectivity index (χ1) is 6.49. The second-order valence-corrected chi connectivity index (χ2v) is 3.69. The Balaban J connectivity index is 3.55. The minimum absolute atomic E-state index is 0.796. The summed E-state index contributed by atoms with van der Waals surface area (Å²) in [5.74, 6) is 0. The third-order valence-electron chi connectivity index (χ3n) is 2.78. The molecular formula is C12H17NO. The van der Waals surface area contributed by atoms with Gasteiger partial charge in [-0.25, -0.2) is 0 Å². The average molecular weight is 191 g/mol. The quantitative estimate of drug-likeness (QED) is 0.290. The Morgan fingerprint density at radius 2 is 1.50 bits per heavy atom. The number of hydrogen-bond acceptors (Lipinski definition) is 1. The number of nitrogens with zero attached hydrogens (tertiary/aromatic N) is 1. The van der Waals surface area contributed by atoms with Crippen LogP contribution < -0.4 is 0 Å². The van der Waals surface area contributed by atoms with E-state index in [9.17, 15) is 5.21 Å². The lowest BCUT2D eigenvalue weighted by atomic mass is 9.99. The first-order valence-corrected chi connectivity index (χ1v) is 4.82. The Labute approximate surface area is 85.5 Å². The van der Waals surface area contributed by atoms with E-state index in [2.05, 4.69) is 6.07 Å². The summed E-state index contributed by atoms with van der Waals surface area (Å²) < 4.78 is 0.949. The monoisotopic (exact) mass is 191 g/mol. The topological polar surface area (TPSA) is 26.1 Å². The molecule has 1 aromatic rings. The van der Waals surface area contributed by atoms with Crippen molar-refractivity contribution >= 4 is 11.9 Å². The normalized spacial score (nSPS) is 11.9. The molecule has 0 radical (unpaired) electrons. The van der Waals surface area contributed by atoms with Crippen molar-refractivity contribution in [2.24, 2.45) is 0 Å². The van der Waals surface area contributed by atoms with E-state index in [1.54, 1.807) is 13.1 Å². The van der Waals surface area contributed by atoms with Gasteiger partial charge < -0.3 is 5.21 Å². The molecule has 0 saturated heterocycles. The van der Waals surface area contributed by atoms with Gasteiger partial charge in [-0.3, -0.25) is 0 Å². The largest absolute Gasteiger partial charge is 0.619 e. The fraction of sp³-hybridized carbons (Fsp3) is 0.417. The lowest BCUT2D eigenvalue weighted by molar-refractivity contribution is -0.356. The van der Waals surface area contributed by atoms with Crippen LogP contribution in [0.15, 0.2) is 6.07 Å². The smallest absolute Gasteiger partial charge is 0.222 e. The van der Waals surface area contributed by atoms with Crippen molar-refractivity contribution in [1.29, 1.82) is 0 Å². The fourth-order valence-corrected chi connectivity index (χ4v) is 1.66. The molecule has 0 aliphatic heterocycles. The van der Waals surface area contributed by atoms with Crippen LogP contribution in [0.1, 0.15) is 29.2 Å². The van der Waals surface area contributed by atoms with E-state index in [0.717, 1.165) is 21.6 Å². The first-order valence-electron chi connectivity index (χ1n) is 4.82. The standard InChI is InChI=1S/C12H17NO/c1-6-13(14)12-10(4)8(2)7-9(3)11(12)5/h6-7H,1-5H3/b13-6-. The van der Waals surface area contributed by atoms with E-state index < -0.39 is 0 Å². The molecule has 14 heavy (non-hydrogen) atoms. The van der Waals surface area contributed by atoms with Crippen LogP contribution in [0.4, 0.5) is 5.69 Å². The molecule has 2 nitrogen and oxygen atoms in total. The maximum Gasteiger partial charge on any atom is 0.222 e. The summed E-state index contributed by atoms with van der Waals surface area (Å²) in [6.07, 6.45) is 1.55. The summed E-state index contributed by atoms with van der Waals surface area (Å²) in [4.78, 5) is 0. The third-order valence-corrected chi connectivity index (χ3v) is 2.78. The molecule has 0 fully saturated rings. The third kappa shape index (κ3) is 1.65. The minimum Gasteiger partial charge on any atom is -0.619 e. The van der Waals surface area contributed by atoms with Crippen LogP contribution in [0.25, 0.3) is 0 Å². The number of hydrogen-bond donors (Lipinski definition) is 0. The fourth-order valence-electron chi connectivity index (χ4n) is 1.66. The van der Waals surface area contributed by atoms with Crippen molar-refractivity contribution < 1.29 is 4.74 Å². The highest BCUT2D eigenvalue weighted by Crippen LogP contribution is 2.28. The van der Waals surface area contributed by atoms with E-state index in [1.165, 1.54) is 11.1 Å². The molecule has 0 heterocycles. The Kier molecular flexibility index (Phi) is 2.94. The summed E-state index contributed by atoms with van der Waals surface area (Å²) in [6.45, 7) is 9.81. The van der Waals surface area contributed by atoms with Crippen molar-refractivity contribution in [3.05, 3.63) is 33.5 Å². The highest BCUT2D eigenvalue weighted by atomic mass is 16.5. The van der Waals surface area contributed by atoms with Gasteiger partial charge in [0.25, 0.3) is 0 Å². The predicted molar refractivity (Wildman–Crippen MR) is 60.4 cm³/mol. The van der Waals surface area contributed by atoms with Crippen LogP contribution >= 0.6 is 0 Å². The maximum atomic E-state index is 11.6. The summed E-state index contributed by atoms with van der Waals surface area (Å²) in [6, 6.07) is 2.12. The number of rotatable bonds is 1. The molecule has 1 rings (SSSR count). The zero-order chi connectivity index (χ0) is 10.9. The van der Waals surface area contributed by atoms with E-state index in [0.29, 0.717) is 0 Å². The molecule has 0 aliphatic rings. The maximum absolute atomic E-state index is 11.6. The van der Waals surface area contributed by atoms with Crippen molar-refractivity contribution in [3.8, 4) is 0 Å². The Morgan fingerprint density at radius 3 is 1.86 bits per heavy atom. The van der Waals surface area contributed by atoms with Crippen LogP contribution in [0.2, 0.25) is 0 Å². The summed E-state index contributed by atoms with van der Waals surface area (Å²) in [7, 11) is 0. The predicted octanol–water partition coefficient (Wildman–Crippen LogP) is 3.15. The SMILES string of the molecule is C/C=[N+](\[O-])c1c(C)c(C)cc(C)c1C. The van der Waals surface area contributed by atoms with Crippen molar-refractivity contribution in [2.75, 3.05) is 0 Å². The summed E-state index contributed by atoms with van der Waals surface area (Å²) in [5.41, 5.74) is 5.28. The van der Waals surface area contributed by atoms with Gasteiger partial charge in [-0.1, -0.05) is 6.07 Å². The molecule has 0 aromatic heterocycles. The highest BCUT2D eigenvalue weighted by Gasteiger charge is 2.14. The lowest BCUT2D eigenvalue weighted by Gasteiger charge is -2.12. The van der Waals surface area contributed by atoms with Gasteiger partial charge in [-0.05, 0) is 38.8 Å². The zero-order valence-corrected chi connectivity index (χ0v) is 9.51. The molecule has 1 aromatic carbocycles. The van der Waals surface area contributed by atoms with Gasteiger partial charge in [-0.2, -0.15) is 4.74 Å². The molecule has 0 amide bonds. The van der Waals surface area contributed by atoms with E-state index >= 15 is 0 Å². The Morgan fingerprint density at radius 1 is 1.07 bits per heavy atom. The van der Waals surface area contributed by atoms with Gasteiger partial charge in [0, 0.05) is 18.1 Å². The second-order valence-electron chi connectivity index (χ2n) is 3.69. The van der Waals surface area contributed by atoms with Crippen molar-refractivity contribution in [1.82, 2.24) is 0 Å². The Bertz CT molecular complexity index is 366. The molecule has 0 aliphatic carbocycles. The molecule has 76 valence electrons. The molecule has 0 N–H and O–H groups in total. The minimum atomic E-state index is 0.796. The van der Waals surface area contributed by atoms with E-state index in [1.807, 2.05) is 27.7 Å². The van der Waals surface area contributed by atoms with Crippen molar-refractivity contribution in [2.45, 2.75) is 34.6 Å². The van der Waals surface area contributed by atoms with Gasteiger partial charge in [-0.15, -0.1) is 0 Å². The van der Waals surface area contributed by atoms with Gasteiger partial charge >= 0.3 is 0 Å². The molecule has 0 atom stereocenters. The summed E-state index contributed by atoms with van der Waals surface area (Å²) in [5, 5.41) is 11.6. The molecule has 2 heteroatoms. The van der Waals surface area contributed by atoms with Gasteiger partial charge in [0.05, 0.1) is 0 Å². The van der Waals surface area contributed by atoms with E-state index in [4.69, 9.17) is 0 Å². The van der Waals surface area contributed by atoms with Crippen LogP contribution in [0.5, 0.6) is 0 Å².